The Morgan fingerprint density at radius 1 is 1.38 bits per heavy atom. The van der Waals surface area contributed by atoms with Crippen molar-refractivity contribution >= 4 is 18.5 Å². The number of aromatic nitrogens is 1. The second-order valence-electron chi connectivity index (χ2n) is 6.09. The maximum absolute atomic E-state index is 11.5. The first-order valence-electron chi connectivity index (χ1n) is 7.44. The van der Waals surface area contributed by atoms with Crippen LogP contribution in [0.4, 0.5) is 0 Å². The molecule has 0 bridgehead atoms. The first-order valence-corrected chi connectivity index (χ1v) is 7.44. The van der Waals surface area contributed by atoms with Crippen LogP contribution in [0.1, 0.15) is 31.3 Å². The number of hydrogen-bond acceptors (Lipinski definition) is 6. The van der Waals surface area contributed by atoms with E-state index in [0.717, 1.165) is 0 Å². The van der Waals surface area contributed by atoms with Gasteiger partial charge in [-0.15, -0.1) is 0 Å². The molecule has 3 rings (SSSR count). The Hall–Kier alpha value is -2.23. The van der Waals surface area contributed by atoms with E-state index in [1.54, 1.807) is 33.0 Å². The zero-order chi connectivity index (χ0) is 17.6. The predicted octanol–water partition coefficient (Wildman–Crippen LogP) is 0.332. The van der Waals surface area contributed by atoms with Gasteiger partial charge in [-0.3, -0.25) is 4.99 Å². The number of fused-ring (bicyclic) bond motifs is 1. The molecule has 0 radical (unpaired) electrons. The Morgan fingerprint density at radius 3 is 2.62 bits per heavy atom. The number of carboxylic acids is 1. The Kier molecular flexibility index (Phi) is 3.94. The van der Waals surface area contributed by atoms with Crippen LogP contribution in [0.2, 0.25) is 0 Å². The number of amidine groups is 1. The summed E-state index contributed by atoms with van der Waals surface area (Å²) in [6, 6.07) is 3.46. The molecule has 0 amide bonds. The lowest BCUT2D eigenvalue weighted by Gasteiger charge is -2.23. The van der Waals surface area contributed by atoms with Gasteiger partial charge in [0.2, 0.25) is 0 Å². The zero-order valence-electron chi connectivity index (χ0n) is 13.7. The van der Waals surface area contributed by atoms with E-state index in [0.29, 0.717) is 11.4 Å². The lowest BCUT2D eigenvalue weighted by atomic mass is 10.1. The minimum atomic E-state index is -1.13. The van der Waals surface area contributed by atoms with Crippen LogP contribution in [0.25, 0.3) is 0 Å². The molecule has 2 saturated heterocycles. The van der Waals surface area contributed by atoms with Crippen LogP contribution < -0.4 is 5.73 Å². The van der Waals surface area contributed by atoms with Crippen LogP contribution in [0.3, 0.4) is 0 Å². The summed E-state index contributed by atoms with van der Waals surface area (Å²) in [6.07, 6.45) is -3.10. The number of aliphatic imine (C=N–C) groups is 1. The summed E-state index contributed by atoms with van der Waals surface area (Å²) in [5.41, 5.74) is 6.98. The lowest BCUT2D eigenvalue weighted by molar-refractivity contribution is -0.195. The van der Waals surface area contributed by atoms with Crippen LogP contribution in [-0.2, 0) is 19.0 Å². The second kappa shape index (κ2) is 5.69. The Morgan fingerprint density at radius 2 is 2.04 bits per heavy atom. The third-order valence-corrected chi connectivity index (χ3v) is 4.12. The molecule has 130 valence electrons. The van der Waals surface area contributed by atoms with Gasteiger partial charge < -0.3 is 25.1 Å². The van der Waals surface area contributed by atoms with Crippen molar-refractivity contribution < 1.29 is 24.1 Å². The fourth-order valence-corrected chi connectivity index (χ4v) is 3.16. The molecule has 9 heteroatoms. The summed E-state index contributed by atoms with van der Waals surface area (Å²) in [7, 11) is 1.56. The molecule has 0 aromatic carbocycles. The Labute approximate surface area is 138 Å². The highest BCUT2D eigenvalue weighted by Crippen LogP contribution is 2.45. The summed E-state index contributed by atoms with van der Waals surface area (Å²) in [4.78, 5) is 15.4. The Balaban J connectivity index is 2.02. The fourth-order valence-electron chi connectivity index (χ4n) is 3.16. The number of aliphatic carboxylic acids is 1. The topological polar surface area (TPSA) is 121 Å². The van der Waals surface area contributed by atoms with Gasteiger partial charge in [-0.25, -0.2) is 9.47 Å². The quantitative estimate of drug-likeness (QED) is 0.604. The average molecular weight is 336 g/mol. The SMILES string of the molecule is C=Nn1c(C(N)=NC)ccc1[C@@H]1O[C@H](C(=O)O)[C@H]2OC(C)(C)O[C@H]21. The molecular weight excluding hydrogens is 316 g/mol. The maximum atomic E-state index is 11.5. The van der Waals surface area contributed by atoms with Crippen molar-refractivity contribution in [1.82, 2.24) is 4.68 Å². The molecule has 3 heterocycles. The molecule has 0 saturated carbocycles. The number of rotatable bonds is 4. The van der Waals surface area contributed by atoms with Gasteiger partial charge in [0.25, 0.3) is 0 Å². The zero-order valence-corrected chi connectivity index (χ0v) is 13.7. The molecule has 0 spiro atoms. The third-order valence-electron chi connectivity index (χ3n) is 4.12. The van der Waals surface area contributed by atoms with Crippen LogP contribution in [0.5, 0.6) is 0 Å². The largest absolute Gasteiger partial charge is 0.479 e. The molecule has 1 aromatic rings. The molecule has 1 aromatic heterocycles. The normalized spacial score (nSPS) is 31.9. The third kappa shape index (κ3) is 2.50. The molecule has 0 unspecified atom stereocenters. The van der Waals surface area contributed by atoms with E-state index in [9.17, 15) is 9.90 Å². The lowest BCUT2D eigenvalue weighted by Crippen LogP contribution is -2.35. The number of nitrogens with zero attached hydrogens (tertiary/aromatic N) is 3. The molecule has 24 heavy (non-hydrogen) atoms. The van der Waals surface area contributed by atoms with Gasteiger partial charge in [0.05, 0.1) is 5.69 Å². The summed E-state index contributed by atoms with van der Waals surface area (Å²) >= 11 is 0. The van der Waals surface area contributed by atoms with Gasteiger partial charge in [-0.05, 0) is 26.0 Å². The molecule has 4 atom stereocenters. The molecule has 2 aliphatic heterocycles. The van der Waals surface area contributed by atoms with Crippen LogP contribution in [-0.4, -0.2) is 59.5 Å². The highest BCUT2D eigenvalue weighted by Gasteiger charge is 2.58. The van der Waals surface area contributed by atoms with Gasteiger partial charge >= 0.3 is 5.97 Å². The van der Waals surface area contributed by atoms with Crippen molar-refractivity contribution in [2.45, 2.75) is 44.1 Å². The van der Waals surface area contributed by atoms with E-state index in [2.05, 4.69) is 16.8 Å². The van der Waals surface area contributed by atoms with Gasteiger partial charge in [-0.2, -0.15) is 5.10 Å². The van der Waals surface area contributed by atoms with Crippen molar-refractivity contribution in [3.63, 3.8) is 0 Å². The monoisotopic (exact) mass is 336 g/mol. The summed E-state index contributed by atoms with van der Waals surface area (Å²) in [5, 5.41) is 13.4. The number of carbonyl (C=O) groups is 1. The van der Waals surface area contributed by atoms with E-state index in [4.69, 9.17) is 19.9 Å². The van der Waals surface area contributed by atoms with Crippen LogP contribution in [0.15, 0.2) is 22.2 Å². The molecular formula is C15H20N4O5. The van der Waals surface area contributed by atoms with Crippen molar-refractivity contribution in [2.24, 2.45) is 15.8 Å². The molecule has 3 N–H and O–H groups in total. The minimum Gasteiger partial charge on any atom is -0.479 e. The van der Waals surface area contributed by atoms with Crippen molar-refractivity contribution in [3.8, 4) is 0 Å². The number of carboxylic acid groups (broad SMARTS) is 1. The highest BCUT2D eigenvalue weighted by molar-refractivity contribution is 5.96. The molecule has 2 fully saturated rings. The molecule has 9 nitrogen and oxygen atoms in total. The molecule has 0 aliphatic carbocycles. The number of hydrogen-bond donors (Lipinski definition) is 2. The number of ether oxygens (including phenoxy) is 3. The maximum Gasteiger partial charge on any atom is 0.335 e. The van der Waals surface area contributed by atoms with Crippen molar-refractivity contribution in [1.29, 1.82) is 0 Å². The van der Waals surface area contributed by atoms with Gasteiger partial charge in [-0.1, -0.05) is 0 Å². The van der Waals surface area contributed by atoms with Crippen molar-refractivity contribution in [3.05, 3.63) is 23.5 Å². The number of nitrogens with two attached hydrogens (primary N) is 1. The van der Waals surface area contributed by atoms with Gasteiger partial charge in [0.15, 0.2) is 11.9 Å². The second-order valence-corrected chi connectivity index (χ2v) is 6.09. The summed E-state index contributed by atoms with van der Waals surface area (Å²) in [6.45, 7) is 7.01. The van der Waals surface area contributed by atoms with Gasteiger partial charge in [0.1, 0.15) is 29.8 Å². The van der Waals surface area contributed by atoms with E-state index in [-0.39, 0.29) is 5.84 Å². The summed E-state index contributed by atoms with van der Waals surface area (Å²) in [5.74, 6) is -1.72. The molecule has 2 aliphatic rings. The van der Waals surface area contributed by atoms with Crippen molar-refractivity contribution in [2.75, 3.05) is 7.05 Å². The minimum absolute atomic E-state index is 0.280. The smallest absolute Gasteiger partial charge is 0.335 e. The first kappa shape index (κ1) is 16.6. The Bertz CT molecular complexity index is 711. The predicted molar refractivity (Wildman–Crippen MR) is 85.1 cm³/mol. The van der Waals surface area contributed by atoms with E-state index < -0.39 is 36.2 Å². The van der Waals surface area contributed by atoms with Crippen LogP contribution >= 0.6 is 0 Å². The van der Waals surface area contributed by atoms with E-state index in [1.807, 2.05) is 0 Å². The summed E-state index contributed by atoms with van der Waals surface area (Å²) < 4.78 is 18.8. The standard InChI is InChI=1S/C15H20N4O5/c1-15(2)23-10-9(22-12(14(20)21)11(10)24-15)7-5-6-8(13(16)17-3)19(7)18-4/h5-6,9-12H,4H2,1-3H3,(H2,16,17)(H,20,21)/t9-,10-,11-,12-/m0/s1. The average Bonchev–Trinajstić information content (AvgIpc) is 3.15. The van der Waals surface area contributed by atoms with Gasteiger partial charge in [0, 0.05) is 13.8 Å². The van der Waals surface area contributed by atoms with E-state index in [1.165, 1.54) is 4.68 Å². The van der Waals surface area contributed by atoms with Crippen LogP contribution in [0, 0.1) is 0 Å². The fraction of sp³-hybridized carbons (Fsp3) is 0.533. The highest BCUT2D eigenvalue weighted by atomic mass is 16.8. The first-order chi connectivity index (χ1) is 11.3. The van der Waals surface area contributed by atoms with E-state index >= 15 is 0 Å².